The molecule has 0 amide bonds. The summed E-state index contributed by atoms with van der Waals surface area (Å²) in [4.78, 5) is 10.6. The molecule has 19 heavy (non-hydrogen) atoms. The van der Waals surface area contributed by atoms with E-state index < -0.39 is 22.0 Å². The molecule has 6 heteroatoms. The van der Waals surface area contributed by atoms with Crippen molar-refractivity contribution >= 4 is 16.8 Å². The molecule has 1 aromatic carbocycles. The zero-order chi connectivity index (χ0) is 14.0. The molecule has 104 valence electrons. The first-order valence-electron chi connectivity index (χ1n) is 5.99. The molecule has 0 radical (unpaired) electrons. The Balaban J connectivity index is 1.93. The van der Waals surface area contributed by atoms with Gasteiger partial charge in [-0.1, -0.05) is 6.92 Å². The Morgan fingerprint density at radius 2 is 2.37 bits per heavy atom. The van der Waals surface area contributed by atoms with Gasteiger partial charge in [0.15, 0.2) is 0 Å². The quantitative estimate of drug-likeness (QED) is 0.895. The van der Waals surface area contributed by atoms with Crippen molar-refractivity contribution in [3.63, 3.8) is 0 Å². The first-order chi connectivity index (χ1) is 8.95. The summed E-state index contributed by atoms with van der Waals surface area (Å²) in [5, 5.41) is 8.24. The summed E-state index contributed by atoms with van der Waals surface area (Å²) < 4.78 is 30.6. The van der Waals surface area contributed by atoms with Crippen molar-refractivity contribution in [2.45, 2.75) is 31.1 Å². The first kappa shape index (κ1) is 14.0. The fraction of sp³-hybridized carbons (Fsp3) is 0.462. The molecule has 0 saturated carbocycles. The van der Waals surface area contributed by atoms with Crippen molar-refractivity contribution < 1.29 is 23.2 Å². The maximum Gasteiger partial charge on any atom is 0.304 e. The Hall–Kier alpha value is -1.43. The second-order valence-electron chi connectivity index (χ2n) is 4.65. The maximum atomic E-state index is 13.0. The third-order valence-corrected chi connectivity index (χ3v) is 4.79. The van der Waals surface area contributed by atoms with Gasteiger partial charge in [-0.25, -0.2) is 4.39 Å². The van der Waals surface area contributed by atoms with Gasteiger partial charge in [-0.05, 0) is 18.2 Å². The van der Waals surface area contributed by atoms with Crippen LogP contribution in [-0.2, 0) is 22.0 Å². The van der Waals surface area contributed by atoms with E-state index in [1.165, 1.54) is 12.1 Å². The molecule has 1 aromatic rings. The van der Waals surface area contributed by atoms with Gasteiger partial charge in [-0.3, -0.25) is 9.00 Å². The molecule has 2 rings (SSSR count). The van der Waals surface area contributed by atoms with E-state index in [9.17, 15) is 13.4 Å². The van der Waals surface area contributed by atoms with Crippen LogP contribution in [0.4, 0.5) is 4.39 Å². The average molecular weight is 286 g/mol. The number of fused-ring (bicyclic) bond motifs is 1. The van der Waals surface area contributed by atoms with Crippen LogP contribution in [0.3, 0.4) is 0 Å². The maximum absolute atomic E-state index is 13.0. The van der Waals surface area contributed by atoms with Crippen molar-refractivity contribution in [1.29, 1.82) is 0 Å². The highest BCUT2D eigenvalue weighted by atomic mass is 32.2. The van der Waals surface area contributed by atoms with Crippen LogP contribution >= 0.6 is 0 Å². The Labute approximate surface area is 113 Å². The largest absolute Gasteiger partial charge is 0.489 e. The summed E-state index contributed by atoms with van der Waals surface area (Å²) in [6.07, 6.45) is 0.119. The van der Waals surface area contributed by atoms with E-state index in [0.717, 1.165) is 5.56 Å². The van der Waals surface area contributed by atoms with Crippen LogP contribution in [0, 0.1) is 5.82 Å². The third-order valence-electron chi connectivity index (χ3n) is 3.02. The van der Waals surface area contributed by atoms with Crippen LogP contribution < -0.4 is 4.74 Å². The predicted molar refractivity (Wildman–Crippen MR) is 69.2 cm³/mol. The molecule has 1 aliphatic rings. The number of benzene rings is 1. The third kappa shape index (κ3) is 3.53. The standard InChI is InChI=1S/C13H15FO4S/c1-8(4-13(15)16)19(17)7-11-6-9-5-10(14)2-3-12(9)18-11/h2-3,5,8,11H,4,6-7H2,1H3,(H,15,16). The molecular weight excluding hydrogens is 271 g/mol. The van der Waals surface area contributed by atoms with Gasteiger partial charge >= 0.3 is 5.97 Å². The Morgan fingerprint density at radius 3 is 3.05 bits per heavy atom. The molecule has 0 fully saturated rings. The summed E-state index contributed by atoms with van der Waals surface area (Å²) in [7, 11) is -1.27. The molecule has 3 atom stereocenters. The normalized spacial score (nSPS) is 20.4. The fourth-order valence-corrected chi connectivity index (χ4v) is 3.28. The minimum atomic E-state index is -1.27. The lowest BCUT2D eigenvalue weighted by atomic mass is 10.1. The number of ether oxygens (including phenoxy) is 1. The van der Waals surface area contributed by atoms with Crippen LogP contribution in [-0.4, -0.2) is 32.4 Å². The molecule has 1 N–H and O–H groups in total. The van der Waals surface area contributed by atoms with Gasteiger partial charge in [-0.2, -0.15) is 0 Å². The summed E-state index contributed by atoms with van der Waals surface area (Å²) in [6.45, 7) is 1.64. The van der Waals surface area contributed by atoms with Crippen LogP contribution in [0.15, 0.2) is 18.2 Å². The lowest BCUT2D eigenvalue weighted by Crippen LogP contribution is -2.27. The molecule has 0 spiro atoms. The van der Waals surface area contributed by atoms with E-state index in [-0.39, 0.29) is 24.1 Å². The second-order valence-corrected chi connectivity index (χ2v) is 6.55. The van der Waals surface area contributed by atoms with Gasteiger partial charge in [0.2, 0.25) is 0 Å². The molecule has 0 saturated heterocycles. The summed E-state index contributed by atoms with van der Waals surface area (Å²) in [5.74, 6) is -0.388. The van der Waals surface area contributed by atoms with Gasteiger partial charge in [0, 0.05) is 28.0 Å². The molecule has 1 aliphatic heterocycles. The number of aliphatic carboxylic acids is 1. The van der Waals surface area contributed by atoms with E-state index in [4.69, 9.17) is 9.84 Å². The number of carbonyl (C=O) groups is 1. The monoisotopic (exact) mass is 286 g/mol. The Bertz CT molecular complexity index is 517. The van der Waals surface area contributed by atoms with E-state index in [1.807, 2.05) is 0 Å². The second kappa shape index (κ2) is 5.69. The van der Waals surface area contributed by atoms with Crippen LogP contribution in [0.2, 0.25) is 0 Å². The van der Waals surface area contributed by atoms with Crippen molar-refractivity contribution in [2.75, 3.05) is 5.75 Å². The molecule has 1 heterocycles. The summed E-state index contributed by atoms with van der Waals surface area (Å²) >= 11 is 0. The Morgan fingerprint density at radius 1 is 1.63 bits per heavy atom. The SMILES string of the molecule is CC(CC(=O)O)S(=O)CC1Cc2cc(F)ccc2O1. The van der Waals surface area contributed by atoms with E-state index in [0.29, 0.717) is 12.2 Å². The van der Waals surface area contributed by atoms with Gasteiger partial charge in [0.1, 0.15) is 17.7 Å². The molecule has 3 unspecified atom stereocenters. The first-order valence-corrected chi connectivity index (χ1v) is 7.38. The van der Waals surface area contributed by atoms with E-state index >= 15 is 0 Å². The number of hydrogen-bond donors (Lipinski definition) is 1. The molecule has 0 aliphatic carbocycles. The number of halogens is 1. The number of rotatable bonds is 5. The topological polar surface area (TPSA) is 63.6 Å². The van der Waals surface area contributed by atoms with Gasteiger partial charge in [0.25, 0.3) is 0 Å². The van der Waals surface area contributed by atoms with Crippen molar-refractivity contribution in [3.05, 3.63) is 29.6 Å². The summed E-state index contributed by atoms with van der Waals surface area (Å²) in [5.41, 5.74) is 0.771. The van der Waals surface area contributed by atoms with E-state index in [2.05, 4.69) is 0 Å². The zero-order valence-electron chi connectivity index (χ0n) is 10.5. The Kier molecular flexibility index (Phi) is 4.19. The van der Waals surface area contributed by atoms with Crippen molar-refractivity contribution in [1.82, 2.24) is 0 Å². The predicted octanol–water partition coefficient (Wildman–Crippen LogP) is 1.74. The van der Waals surface area contributed by atoms with Gasteiger partial charge in [-0.15, -0.1) is 0 Å². The van der Waals surface area contributed by atoms with Crippen LogP contribution in [0.5, 0.6) is 5.75 Å². The van der Waals surface area contributed by atoms with E-state index in [1.54, 1.807) is 13.0 Å². The number of hydrogen-bond acceptors (Lipinski definition) is 3. The average Bonchev–Trinajstić information content (AvgIpc) is 2.69. The minimum absolute atomic E-state index is 0.124. The molecule has 4 nitrogen and oxygen atoms in total. The molecular formula is C13H15FO4S. The zero-order valence-corrected chi connectivity index (χ0v) is 11.3. The number of carboxylic acids is 1. The highest BCUT2D eigenvalue weighted by Gasteiger charge is 2.27. The summed E-state index contributed by atoms with van der Waals surface area (Å²) in [6, 6.07) is 4.30. The smallest absolute Gasteiger partial charge is 0.304 e. The number of carboxylic acid groups (broad SMARTS) is 1. The van der Waals surface area contributed by atoms with Crippen LogP contribution in [0.1, 0.15) is 18.9 Å². The molecule has 0 bridgehead atoms. The highest BCUT2D eigenvalue weighted by Crippen LogP contribution is 2.29. The fourth-order valence-electron chi connectivity index (χ4n) is 2.07. The minimum Gasteiger partial charge on any atom is -0.489 e. The van der Waals surface area contributed by atoms with Crippen molar-refractivity contribution in [2.24, 2.45) is 0 Å². The highest BCUT2D eigenvalue weighted by molar-refractivity contribution is 7.85. The van der Waals surface area contributed by atoms with Gasteiger partial charge < -0.3 is 9.84 Å². The van der Waals surface area contributed by atoms with Crippen molar-refractivity contribution in [3.8, 4) is 5.75 Å². The lowest BCUT2D eigenvalue weighted by molar-refractivity contribution is -0.136. The van der Waals surface area contributed by atoms with Crippen LogP contribution in [0.25, 0.3) is 0 Å². The molecule has 0 aromatic heterocycles. The lowest BCUT2D eigenvalue weighted by Gasteiger charge is -2.13. The van der Waals surface area contributed by atoms with Gasteiger partial charge in [0.05, 0.1) is 12.2 Å².